The van der Waals surface area contributed by atoms with Gasteiger partial charge in [-0.15, -0.1) is 0 Å². The molecule has 0 N–H and O–H groups in total. The Balaban J connectivity index is 2.46. The maximum atomic E-state index is 13.3. The van der Waals surface area contributed by atoms with Crippen LogP contribution in [0.3, 0.4) is 0 Å². The van der Waals surface area contributed by atoms with Crippen LogP contribution < -0.4 is 4.74 Å². The van der Waals surface area contributed by atoms with Crippen LogP contribution in [0.25, 0.3) is 11.1 Å². The van der Waals surface area contributed by atoms with E-state index in [9.17, 15) is 13.2 Å². The second-order valence-electron chi connectivity index (χ2n) is 8.90. The van der Waals surface area contributed by atoms with Crippen molar-refractivity contribution in [3.8, 4) is 16.9 Å². The van der Waals surface area contributed by atoms with Crippen molar-refractivity contribution in [1.29, 1.82) is 0 Å². The second kappa shape index (κ2) is 11.4. The predicted octanol–water partition coefficient (Wildman–Crippen LogP) is 5.85. The van der Waals surface area contributed by atoms with Gasteiger partial charge in [0.25, 0.3) is 0 Å². The first kappa shape index (κ1) is 27.2. The third kappa shape index (κ3) is 7.45. The summed E-state index contributed by atoms with van der Waals surface area (Å²) < 4.78 is 39.2. The van der Waals surface area contributed by atoms with E-state index in [1.165, 1.54) is 4.31 Å². The Morgan fingerprint density at radius 1 is 1.00 bits per heavy atom. The number of benzene rings is 2. The molecule has 0 spiro atoms. The average molecular weight is 496 g/mol. The van der Waals surface area contributed by atoms with Gasteiger partial charge in [0.15, 0.2) is 6.61 Å². The van der Waals surface area contributed by atoms with Crippen LogP contribution in [0.4, 0.5) is 0 Å². The lowest BCUT2D eigenvalue weighted by molar-refractivity contribution is -0.157. The highest BCUT2D eigenvalue weighted by Crippen LogP contribution is 2.36. The first-order chi connectivity index (χ1) is 15.4. The number of halogens is 1. The summed E-state index contributed by atoms with van der Waals surface area (Å²) in [7, 11) is -3.66. The van der Waals surface area contributed by atoms with Gasteiger partial charge in [-0.25, -0.2) is 13.2 Å². The van der Waals surface area contributed by atoms with Gasteiger partial charge in [0.2, 0.25) is 10.0 Å². The van der Waals surface area contributed by atoms with Crippen molar-refractivity contribution in [2.24, 2.45) is 0 Å². The summed E-state index contributed by atoms with van der Waals surface area (Å²) in [6, 6.07) is 10.1. The monoisotopic (exact) mass is 495 g/mol. The van der Waals surface area contributed by atoms with Gasteiger partial charge in [-0.3, -0.25) is 0 Å². The zero-order chi connectivity index (χ0) is 24.8. The van der Waals surface area contributed by atoms with E-state index in [0.29, 0.717) is 35.0 Å². The SMILES string of the molecule is CCCN(CCC)S(=O)(=O)c1ccc(C)c(-c2cc(Cl)ccc2OCC(=O)OC(C)(C)C)c1. The van der Waals surface area contributed by atoms with Gasteiger partial charge >= 0.3 is 5.97 Å². The van der Waals surface area contributed by atoms with Crippen LogP contribution in [0.5, 0.6) is 5.75 Å². The van der Waals surface area contributed by atoms with Crippen LogP contribution in [0.1, 0.15) is 53.0 Å². The number of hydrogen-bond donors (Lipinski definition) is 0. The van der Waals surface area contributed by atoms with Gasteiger partial charge in [0, 0.05) is 23.7 Å². The van der Waals surface area contributed by atoms with Crippen molar-refractivity contribution in [2.75, 3.05) is 19.7 Å². The normalized spacial score (nSPS) is 12.1. The standard InChI is InChI=1S/C25H34ClNO5S/c1-7-13-27(14-8-2)33(29,30)20-11-9-18(3)21(16-20)22-15-19(26)10-12-23(22)31-17-24(28)32-25(4,5)6/h9-12,15-16H,7-8,13-14,17H2,1-6H3. The van der Waals surface area contributed by atoms with Crippen molar-refractivity contribution in [3.63, 3.8) is 0 Å². The first-order valence-corrected chi connectivity index (χ1v) is 13.0. The summed E-state index contributed by atoms with van der Waals surface area (Å²) in [4.78, 5) is 12.4. The maximum absolute atomic E-state index is 13.3. The molecule has 0 aliphatic rings. The quantitative estimate of drug-likeness (QED) is 0.387. The number of rotatable bonds is 10. The Labute approximate surface area is 202 Å². The fourth-order valence-corrected chi connectivity index (χ4v) is 5.22. The van der Waals surface area contributed by atoms with E-state index in [0.717, 1.165) is 18.4 Å². The van der Waals surface area contributed by atoms with E-state index < -0.39 is 21.6 Å². The Hall–Kier alpha value is -2.09. The van der Waals surface area contributed by atoms with Gasteiger partial charge in [-0.1, -0.05) is 31.5 Å². The molecule has 182 valence electrons. The number of hydrogen-bond acceptors (Lipinski definition) is 5. The van der Waals surface area contributed by atoms with Gasteiger partial charge in [0.1, 0.15) is 11.4 Å². The van der Waals surface area contributed by atoms with Crippen molar-refractivity contribution >= 4 is 27.6 Å². The fraction of sp³-hybridized carbons (Fsp3) is 0.480. The van der Waals surface area contributed by atoms with Crippen LogP contribution in [-0.2, 0) is 19.6 Å². The molecule has 0 saturated carbocycles. The molecule has 0 radical (unpaired) electrons. The predicted molar refractivity (Wildman–Crippen MR) is 132 cm³/mol. The van der Waals surface area contributed by atoms with Crippen LogP contribution in [0, 0.1) is 6.92 Å². The molecule has 0 unspecified atom stereocenters. The topological polar surface area (TPSA) is 72.9 Å². The van der Waals surface area contributed by atoms with Gasteiger partial charge < -0.3 is 9.47 Å². The lowest BCUT2D eigenvalue weighted by atomic mass is 10.00. The number of nitrogens with zero attached hydrogens (tertiary/aromatic N) is 1. The van der Waals surface area contributed by atoms with Gasteiger partial charge in [-0.2, -0.15) is 4.31 Å². The molecule has 0 heterocycles. The molecule has 0 atom stereocenters. The summed E-state index contributed by atoms with van der Waals surface area (Å²) in [6.07, 6.45) is 1.46. The lowest BCUT2D eigenvalue weighted by Crippen LogP contribution is -2.32. The molecule has 8 heteroatoms. The number of aryl methyl sites for hydroxylation is 1. The first-order valence-electron chi connectivity index (χ1n) is 11.1. The summed E-state index contributed by atoms with van der Waals surface area (Å²) in [5, 5.41) is 0.473. The summed E-state index contributed by atoms with van der Waals surface area (Å²) in [5.74, 6) is -0.0758. The highest BCUT2D eigenvalue weighted by molar-refractivity contribution is 7.89. The molecular formula is C25H34ClNO5S. The molecular weight excluding hydrogens is 462 g/mol. The smallest absolute Gasteiger partial charge is 0.344 e. The Bertz CT molecular complexity index is 1070. The number of esters is 1. The molecule has 0 aromatic heterocycles. The zero-order valence-corrected chi connectivity index (χ0v) is 21.8. The second-order valence-corrected chi connectivity index (χ2v) is 11.3. The Morgan fingerprint density at radius 2 is 1.64 bits per heavy atom. The van der Waals surface area contributed by atoms with Crippen LogP contribution in [-0.4, -0.2) is 44.0 Å². The molecule has 0 aliphatic heterocycles. The molecule has 0 fully saturated rings. The van der Waals surface area contributed by atoms with Gasteiger partial charge in [0.05, 0.1) is 4.90 Å². The molecule has 0 aliphatic carbocycles. The van der Waals surface area contributed by atoms with Crippen molar-refractivity contribution < 1.29 is 22.7 Å². The van der Waals surface area contributed by atoms with E-state index >= 15 is 0 Å². The van der Waals surface area contributed by atoms with E-state index in [2.05, 4.69) is 0 Å². The van der Waals surface area contributed by atoms with E-state index in [4.69, 9.17) is 21.1 Å². The summed E-state index contributed by atoms with van der Waals surface area (Å²) in [5.41, 5.74) is 1.52. The largest absolute Gasteiger partial charge is 0.481 e. The summed E-state index contributed by atoms with van der Waals surface area (Å²) >= 11 is 6.26. The van der Waals surface area contributed by atoms with Crippen LogP contribution >= 0.6 is 11.6 Å². The number of ether oxygens (including phenoxy) is 2. The maximum Gasteiger partial charge on any atom is 0.344 e. The van der Waals surface area contributed by atoms with Crippen molar-refractivity contribution in [2.45, 2.75) is 64.9 Å². The third-order valence-electron chi connectivity index (χ3n) is 4.79. The number of sulfonamides is 1. The lowest BCUT2D eigenvalue weighted by Gasteiger charge is -2.22. The van der Waals surface area contributed by atoms with Gasteiger partial charge in [-0.05, 0) is 82.0 Å². The third-order valence-corrected chi connectivity index (χ3v) is 6.92. The van der Waals surface area contributed by atoms with Crippen molar-refractivity contribution in [1.82, 2.24) is 4.31 Å². The summed E-state index contributed by atoms with van der Waals surface area (Å²) in [6.45, 7) is 11.8. The van der Waals surface area contributed by atoms with E-state index in [-0.39, 0.29) is 11.5 Å². The van der Waals surface area contributed by atoms with Crippen LogP contribution in [0.15, 0.2) is 41.3 Å². The van der Waals surface area contributed by atoms with Crippen molar-refractivity contribution in [3.05, 3.63) is 47.0 Å². The minimum atomic E-state index is -3.66. The molecule has 0 bridgehead atoms. The van der Waals surface area contributed by atoms with Crippen LogP contribution in [0.2, 0.25) is 5.02 Å². The molecule has 2 aromatic rings. The molecule has 2 aromatic carbocycles. The molecule has 2 rings (SSSR count). The molecule has 0 amide bonds. The Morgan fingerprint density at radius 3 is 2.21 bits per heavy atom. The minimum absolute atomic E-state index is 0.211. The zero-order valence-electron chi connectivity index (χ0n) is 20.3. The number of carbonyl (C=O) groups excluding carboxylic acids is 1. The highest BCUT2D eigenvalue weighted by Gasteiger charge is 2.25. The fourth-order valence-electron chi connectivity index (χ4n) is 3.40. The molecule has 33 heavy (non-hydrogen) atoms. The minimum Gasteiger partial charge on any atom is -0.481 e. The van der Waals surface area contributed by atoms with E-state index in [1.807, 2.05) is 20.8 Å². The molecule has 0 saturated heterocycles. The Kier molecular flexibility index (Phi) is 9.35. The van der Waals surface area contributed by atoms with E-state index in [1.54, 1.807) is 57.2 Å². The average Bonchev–Trinajstić information content (AvgIpc) is 2.71. The number of carbonyl (C=O) groups is 1. The molecule has 6 nitrogen and oxygen atoms in total. The highest BCUT2D eigenvalue weighted by atomic mass is 35.5.